The number of esters is 1. The van der Waals surface area contributed by atoms with Gasteiger partial charge in [0.25, 0.3) is 0 Å². The fourth-order valence-electron chi connectivity index (χ4n) is 4.36. The number of aromatic amines is 1. The Hall–Kier alpha value is -3.55. The lowest BCUT2D eigenvalue weighted by atomic mass is 9.75. The molecule has 8 heteroatoms. The molecule has 7 nitrogen and oxygen atoms in total. The molecule has 2 aromatic heterocycles. The molecule has 3 heterocycles. The highest BCUT2D eigenvalue weighted by Crippen LogP contribution is 2.47. The summed E-state index contributed by atoms with van der Waals surface area (Å²) in [6.45, 7) is 0. The summed E-state index contributed by atoms with van der Waals surface area (Å²) in [6.07, 6.45) is 5.61. The van der Waals surface area contributed by atoms with Gasteiger partial charge in [0.05, 0.1) is 11.3 Å². The number of carbonyl (C=O) groups excluding carboxylic acids is 2. The first-order chi connectivity index (χ1) is 14.5. The number of anilines is 1. The number of fused-ring (bicyclic) bond motifs is 2. The number of nitrogens with one attached hydrogen (secondary N) is 2. The average molecular weight is 406 g/mol. The van der Waals surface area contributed by atoms with Gasteiger partial charge >= 0.3 is 5.97 Å². The second kappa shape index (κ2) is 7.05. The Balaban J connectivity index is 1.25. The fraction of sp³-hybridized carbons (Fsp3) is 0.273. The number of benzene rings is 1. The van der Waals surface area contributed by atoms with Crippen molar-refractivity contribution < 1.29 is 18.7 Å². The van der Waals surface area contributed by atoms with Crippen molar-refractivity contribution in [3.05, 3.63) is 65.7 Å². The van der Waals surface area contributed by atoms with E-state index in [4.69, 9.17) is 4.74 Å². The molecule has 1 aliphatic heterocycles. The third kappa shape index (κ3) is 3.14. The number of ether oxygens (including phenoxy) is 1. The number of hydrogen-bond donors (Lipinski definition) is 2. The van der Waals surface area contributed by atoms with Crippen LogP contribution in [0.1, 0.15) is 41.6 Å². The van der Waals surface area contributed by atoms with Gasteiger partial charge in [-0.05, 0) is 43.9 Å². The first-order valence-electron chi connectivity index (χ1n) is 9.84. The van der Waals surface area contributed by atoms with Gasteiger partial charge < -0.3 is 10.1 Å². The molecule has 1 saturated carbocycles. The van der Waals surface area contributed by atoms with E-state index in [2.05, 4.69) is 20.5 Å². The van der Waals surface area contributed by atoms with E-state index in [0.29, 0.717) is 48.3 Å². The van der Waals surface area contributed by atoms with E-state index in [1.165, 1.54) is 12.1 Å². The van der Waals surface area contributed by atoms with Crippen LogP contribution in [-0.2, 0) is 15.1 Å². The highest BCUT2D eigenvalue weighted by Gasteiger charge is 2.48. The van der Waals surface area contributed by atoms with Crippen molar-refractivity contribution in [2.24, 2.45) is 5.92 Å². The molecule has 152 valence electrons. The van der Waals surface area contributed by atoms with Gasteiger partial charge in [-0.1, -0.05) is 12.1 Å². The average Bonchev–Trinajstić information content (AvgIpc) is 3.32. The largest absolute Gasteiger partial charge is 0.450 e. The summed E-state index contributed by atoms with van der Waals surface area (Å²) in [5.74, 6) is -0.603. The van der Waals surface area contributed by atoms with Crippen LogP contribution in [0.4, 0.5) is 10.2 Å². The van der Waals surface area contributed by atoms with E-state index in [1.54, 1.807) is 36.7 Å². The molecule has 30 heavy (non-hydrogen) atoms. The van der Waals surface area contributed by atoms with Crippen LogP contribution in [0.2, 0.25) is 0 Å². The first-order valence-corrected chi connectivity index (χ1v) is 9.84. The van der Waals surface area contributed by atoms with Crippen molar-refractivity contribution in [3.63, 3.8) is 0 Å². The number of rotatable bonds is 3. The van der Waals surface area contributed by atoms with Gasteiger partial charge in [-0.3, -0.25) is 14.9 Å². The molecule has 1 fully saturated rings. The number of carbonyl (C=O) groups is 2. The monoisotopic (exact) mass is 406 g/mol. The molecule has 1 aromatic carbocycles. The maximum absolute atomic E-state index is 13.4. The lowest BCUT2D eigenvalue weighted by Gasteiger charge is -2.35. The van der Waals surface area contributed by atoms with E-state index in [-0.39, 0.29) is 23.6 Å². The molecule has 0 bridgehead atoms. The number of hydrogen-bond acceptors (Lipinski definition) is 5. The summed E-state index contributed by atoms with van der Waals surface area (Å²) in [5.41, 5.74) is 1.98. The van der Waals surface area contributed by atoms with Crippen molar-refractivity contribution in [3.8, 4) is 11.3 Å². The van der Waals surface area contributed by atoms with Crippen molar-refractivity contribution >= 4 is 17.7 Å². The number of pyridine rings is 1. The molecule has 0 atom stereocenters. The molecule has 1 aliphatic carbocycles. The van der Waals surface area contributed by atoms with Gasteiger partial charge in [0.2, 0.25) is 5.91 Å². The molecular weight excluding hydrogens is 387 g/mol. The minimum atomic E-state index is -0.672. The van der Waals surface area contributed by atoms with Crippen molar-refractivity contribution in [1.82, 2.24) is 15.2 Å². The Labute approximate surface area is 171 Å². The molecule has 2 N–H and O–H groups in total. The minimum absolute atomic E-state index is 0.127. The Morgan fingerprint density at radius 3 is 2.87 bits per heavy atom. The minimum Gasteiger partial charge on any atom is -0.450 e. The van der Waals surface area contributed by atoms with Crippen LogP contribution in [-0.4, -0.2) is 27.1 Å². The molecular formula is C22H19FN4O3. The standard InChI is InChI=1S/C22H19FN4O3/c23-15-3-1-2-14(10-15)18-11-19(27-26-18)25-20(28)13-4-7-22(8-5-13)17-12-24-9-6-16(17)21(29)30-22/h1-3,6,9-13H,4-5,7-8H2,(H2,25,26,27,28). The molecule has 0 radical (unpaired) electrons. The molecule has 0 unspecified atom stereocenters. The van der Waals surface area contributed by atoms with Gasteiger partial charge in [0.1, 0.15) is 11.4 Å². The van der Waals surface area contributed by atoms with Crippen LogP contribution in [0.5, 0.6) is 0 Å². The van der Waals surface area contributed by atoms with Gasteiger partial charge in [-0.2, -0.15) is 5.10 Å². The quantitative estimate of drug-likeness (QED) is 0.645. The van der Waals surface area contributed by atoms with Gasteiger partial charge in [-0.25, -0.2) is 9.18 Å². The van der Waals surface area contributed by atoms with Gasteiger partial charge in [0.15, 0.2) is 5.82 Å². The third-order valence-corrected chi connectivity index (χ3v) is 5.95. The lowest BCUT2D eigenvalue weighted by Crippen LogP contribution is -2.36. The highest BCUT2D eigenvalue weighted by molar-refractivity contribution is 5.95. The van der Waals surface area contributed by atoms with E-state index in [9.17, 15) is 14.0 Å². The van der Waals surface area contributed by atoms with Gasteiger partial charge in [0, 0.05) is 35.5 Å². The smallest absolute Gasteiger partial charge is 0.339 e. The Kier molecular flexibility index (Phi) is 4.34. The molecule has 2 aliphatic rings. The molecule has 1 spiro atoms. The summed E-state index contributed by atoms with van der Waals surface area (Å²) in [6, 6.07) is 9.50. The summed E-state index contributed by atoms with van der Waals surface area (Å²) in [5, 5.41) is 9.76. The maximum atomic E-state index is 13.4. The van der Waals surface area contributed by atoms with E-state index < -0.39 is 5.60 Å². The van der Waals surface area contributed by atoms with Gasteiger partial charge in [-0.15, -0.1) is 0 Å². The first kappa shape index (κ1) is 18.5. The van der Waals surface area contributed by atoms with Crippen LogP contribution in [0.3, 0.4) is 0 Å². The second-order valence-corrected chi connectivity index (χ2v) is 7.75. The van der Waals surface area contributed by atoms with Crippen molar-refractivity contribution in [2.75, 3.05) is 5.32 Å². The number of nitrogens with zero attached hydrogens (tertiary/aromatic N) is 2. The fourth-order valence-corrected chi connectivity index (χ4v) is 4.36. The Morgan fingerprint density at radius 1 is 1.23 bits per heavy atom. The maximum Gasteiger partial charge on any atom is 0.339 e. The van der Waals surface area contributed by atoms with E-state index >= 15 is 0 Å². The highest BCUT2D eigenvalue weighted by atomic mass is 19.1. The summed E-state index contributed by atoms with van der Waals surface area (Å²) in [7, 11) is 0. The number of aromatic nitrogens is 3. The van der Waals surface area contributed by atoms with Crippen LogP contribution in [0, 0.1) is 11.7 Å². The molecule has 5 rings (SSSR count). The summed E-state index contributed by atoms with van der Waals surface area (Å²) >= 11 is 0. The van der Waals surface area contributed by atoms with Crippen LogP contribution < -0.4 is 5.32 Å². The number of halogens is 1. The van der Waals surface area contributed by atoms with Crippen molar-refractivity contribution in [1.29, 1.82) is 0 Å². The molecule has 3 aromatic rings. The second-order valence-electron chi connectivity index (χ2n) is 7.75. The zero-order valence-corrected chi connectivity index (χ0v) is 16.0. The van der Waals surface area contributed by atoms with Crippen LogP contribution >= 0.6 is 0 Å². The number of amides is 1. The lowest BCUT2D eigenvalue weighted by molar-refractivity contribution is -0.122. The topological polar surface area (TPSA) is 97.0 Å². The molecule has 1 amide bonds. The zero-order chi connectivity index (χ0) is 20.7. The molecule has 0 saturated heterocycles. The zero-order valence-electron chi connectivity index (χ0n) is 16.0. The van der Waals surface area contributed by atoms with E-state index in [1.807, 2.05) is 0 Å². The van der Waals surface area contributed by atoms with Crippen molar-refractivity contribution in [2.45, 2.75) is 31.3 Å². The van der Waals surface area contributed by atoms with Crippen LogP contribution in [0.25, 0.3) is 11.3 Å². The third-order valence-electron chi connectivity index (χ3n) is 5.95. The SMILES string of the molecule is O=C1OC2(CCC(C(=O)Nc3cc(-c4cccc(F)c4)[nH]n3)CC2)c2cnccc21. The predicted octanol–water partition coefficient (Wildman–Crippen LogP) is 3.81. The van der Waals surface area contributed by atoms with Crippen LogP contribution in [0.15, 0.2) is 48.8 Å². The summed E-state index contributed by atoms with van der Waals surface area (Å²) < 4.78 is 19.1. The Morgan fingerprint density at radius 2 is 2.07 bits per heavy atom. The Bertz CT molecular complexity index is 1130. The normalized spacial score (nSPS) is 22.6. The summed E-state index contributed by atoms with van der Waals surface area (Å²) in [4.78, 5) is 29.0. The predicted molar refractivity (Wildman–Crippen MR) is 106 cm³/mol. The number of H-pyrrole nitrogens is 1. The van der Waals surface area contributed by atoms with E-state index in [0.717, 1.165) is 5.56 Å².